The monoisotopic (exact) mass is 500 g/mol. The van der Waals surface area contributed by atoms with Crippen molar-refractivity contribution in [1.82, 2.24) is 0 Å². The normalized spacial score (nSPS) is 11.2. The molecular weight excluding hydrogens is 470 g/mol. The predicted molar refractivity (Wildman–Crippen MR) is 127 cm³/mol. The number of benzene rings is 3. The van der Waals surface area contributed by atoms with Crippen LogP contribution >= 0.6 is 0 Å². The number of hydrogen-bond acceptors (Lipinski definition) is 2. The van der Waals surface area contributed by atoms with E-state index in [0.29, 0.717) is 0 Å². The topological polar surface area (TPSA) is 10.4 Å². The third-order valence-corrected chi connectivity index (χ3v) is 8.61. The van der Waals surface area contributed by atoms with Crippen LogP contribution in [0.25, 0.3) is 21.7 Å². The minimum atomic E-state index is -0.527. The summed E-state index contributed by atoms with van der Waals surface area (Å²) in [6.07, 6.45) is 0. The zero-order chi connectivity index (χ0) is 20.5. The van der Waals surface area contributed by atoms with Gasteiger partial charge in [0.2, 0.25) is 0 Å². The van der Waals surface area contributed by atoms with Gasteiger partial charge < -0.3 is 0 Å². The van der Waals surface area contributed by atoms with Crippen LogP contribution in [0.1, 0.15) is 6.92 Å². The third kappa shape index (κ3) is 3.80. The molecule has 0 N–H and O–H groups in total. The standard InChI is InChI=1S/C25H28N3Te/c1-6-28-24-17-19(27(4)5)13-15-22(24)21-14-12-18(26(2)3)16-23(21)25(28)29-20-10-8-7-9-11-20/h7-17H,6H2,1-5H3/q+1. The Labute approximate surface area is 183 Å². The molecule has 0 radical (unpaired) electrons. The van der Waals surface area contributed by atoms with E-state index in [1.54, 1.807) is 0 Å². The van der Waals surface area contributed by atoms with Gasteiger partial charge in [-0.2, -0.15) is 0 Å². The molecule has 148 valence electrons. The van der Waals surface area contributed by atoms with Gasteiger partial charge in [0.1, 0.15) is 0 Å². The quantitative estimate of drug-likeness (QED) is 0.238. The molecule has 4 heteroatoms. The molecule has 29 heavy (non-hydrogen) atoms. The molecule has 4 aromatic rings. The number of pyridine rings is 1. The summed E-state index contributed by atoms with van der Waals surface area (Å²) in [7, 11) is 8.46. The van der Waals surface area contributed by atoms with Crippen LogP contribution < -0.4 is 21.7 Å². The second-order valence-corrected chi connectivity index (χ2v) is 10.7. The average molecular weight is 498 g/mol. The van der Waals surface area contributed by atoms with E-state index in [2.05, 4.69) is 116 Å². The van der Waals surface area contributed by atoms with Crippen molar-refractivity contribution in [2.45, 2.75) is 13.5 Å². The van der Waals surface area contributed by atoms with Gasteiger partial charge in [-0.15, -0.1) is 0 Å². The van der Waals surface area contributed by atoms with E-state index < -0.39 is 20.9 Å². The summed E-state index contributed by atoms with van der Waals surface area (Å²) >= 11 is -0.527. The van der Waals surface area contributed by atoms with Crippen LogP contribution in [-0.4, -0.2) is 49.1 Å². The van der Waals surface area contributed by atoms with E-state index in [1.807, 2.05) is 0 Å². The fourth-order valence-corrected chi connectivity index (χ4v) is 6.98. The molecule has 0 saturated heterocycles. The van der Waals surface area contributed by atoms with Crippen molar-refractivity contribution >= 4 is 61.3 Å². The van der Waals surface area contributed by atoms with E-state index in [9.17, 15) is 0 Å². The molecule has 0 saturated carbocycles. The molecule has 3 aromatic carbocycles. The maximum absolute atomic E-state index is 2.55. The van der Waals surface area contributed by atoms with Gasteiger partial charge >= 0.3 is 184 Å². The second kappa shape index (κ2) is 8.22. The molecule has 0 aliphatic carbocycles. The molecule has 1 aromatic heterocycles. The Morgan fingerprint density at radius 3 is 1.97 bits per heavy atom. The molecular formula is C25H28N3Te+. The van der Waals surface area contributed by atoms with Crippen molar-refractivity contribution in [3.8, 4) is 0 Å². The number of hydrogen-bond donors (Lipinski definition) is 0. The summed E-state index contributed by atoms with van der Waals surface area (Å²) in [5, 5.41) is 4.09. The zero-order valence-electron chi connectivity index (χ0n) is 17.8. The number of aryl methyl sites for hydroxylation is 1. The SMILES string of the molecule is CC[n+]1c([Te]c2ccccc2)c2cc(N(C)C)ccc2c2ccc(N(C)C)cc21. The molecule has 0 bridgehead atoms. The molecule has 3 nitrogen and oxygen atoms in total. The van der Waals surface area contributed by atoms with Crippen LogP contribution in [0, 0.1) is 0 Å². The predicted octanol–water partition coefficient (Wildman–Crippen LogP) is 3.09. The minimum absolute atomic E-state index is 0.527. The van der Waals surface area contributed by atoms with Gasteiger partial charge in [0.15, 0.2) is 0 Å². The number of anilines is 2. The fraction of sp³-hybridized carbons (Fsp3) is 0.240. The summed E-state index contributed by atoms with van der Waals surface area (Å²) in [5.41, 5.74) is 3.83. The first kappa shape index (κ1) is 20.0. The number of fused-ring (bicyclic) bond motifs is 3. The van der Waals surface area contributed by atoms with Gasteiger partial charge in [-0.1, -0.05) is 0 Å². The molecule has 0 aliphatic heterocycles. The van der Waals surface area contributed by atoms with Crippen molar-refractivity contribution in [2.24, 2.45) is 0 Å². The van der Waals surface area contributed by atoms with Crippen LogP contribution in [0.3, 0.4) is 0 Å². The van der Waals surface area contributed by atoms with Gasteiger partial charge in [-0.05, 0) is 0 Å². The zero-order valence-corrected chi connectivity index (χ0v) is 20.1. The Balaban J connectivity index is 2.09. The van der Waals surface area contributed by atoms with E-state index in [1.165, 1.54) is 40.4 Å². The van der Waals surface area contributed by atoms with E-state index in [0.717, 1.165) is 6.54 Å². The Morgan fingerprint density at radius 2 is 1.34 bits per heavy atom. The van der Waals surface area contributed by atoms with Crippen molar-refractivity contribution in [2.75, 3.05) is 38.0 Å². The first-order valence-electron chi connectivity index (χ1n) is 10.0. The molecule has 0 aliphatic rings. The van der Waals surface area contributed by atoms with E-state index >= 15 is 0 Å². The fourth-order valence-electron chi connectivity index (χ4n) is 3.75. The van der Waals surface area contributed by atoms with E-state index in [-0.39, 0.29) is 0 Å². The van der Waals surface area contributed by atoms with Gasteiger partial charge in [0, 0.05) is 0 Å². The molecule has 0 amide bonds. The number of rotatable bonds is 5. The molecule has 0 atom stereocenters. The summed E-state index contributed by atoms with van der Waals surface area (Å²) < 4.78 is 5.53. The second-order valence-electron chi connectivity index (χ2n) is 7.68. The summed E-state index contributed by atoms with van der Waals surface area (Å²) in [4.78, 5) is 4.38. The van der Waals surface area contributed by atoms with Crippen LogP contribution in [0.15, 0.2) is 66.7 Å². The van der Waals surface area contributed by atoms with Crippen molar-refractivity contribution < 1.29 is 4.57 Å². The summed E-state index contributed by atoms with van der Waals surface area (Å²) in [5.74, 6) is 0. The number of aromatic nitrogens is 1. The van der Waals surface area contributed by atoms with Gasteiger partial charge in [0.05, 0.1) is 0 Å². The van der Waals surface area contributed by atoms with Gasteiger partial charge in [-0.25, -0.2) is 0 Å². The van der Waals surface area contributed by atoms with Crippen LogP contribution in [-0.2, 0) is 6.54 Å². The van der Waals surface area contributed by atoms with Crippen molar-refractivity contribution in [3.63, 3.8) is 0 Å². The molecule has 0 fully saturated rings. The Hall–Kier alpha value is -2.28. The van der Waals surface area contributed by atoms with Crippen molar-refractivity contribution in [3.05, 3.63) is 66.7 Å². The average Bonchev–Trinajstić information content (AvgIpc) is 2.73. The molecule has 4 rings (SSSR count). The Bertz CT molecular complexity index is 1170. The van der Waals surface area contributed by atoms with Crippen molar-refractivity contribution in [1.29, 1.82) is 0 Å². The number of nitrogens with zero attached hydrogens (tertiary/aromatic N) is 3. The summed E-state index contributed by atoms with van der Waals surface area (Å²) in [6.45, 7) is 3.24. The third-order valence-electron chi connectivity index (χ3n) is 5.35. The first-order valence-corrected chi connectivity index (χ1v) is 12.3. The molecule has 0 spiro atoms. The Morgan fingerprint density at radius 1 is 0.724 bits per heavy atom. The van der Waals surface area contributed by atoms with Gasteiger partial charge in [-0.3, -0.25) is 0 Å². The first-order chi connectivity index (χ1) is 14.0. The van der Waals surface area contributed by atoms with E-state index in [4.69, 9.17) is 0 Å². The maximum atomic E-state index is 2.55. The van der Waals surface area contributed by atoms with Crippen LogP contribution in [0.4, 0.5) is 11.4 Å². The summed E-state index contributed by atoms with van der Waals surface area (Å²) in [6, 6.07) is 24.8. The van der Waals surface area contributed by atoms with Gasteiger partial charge in [0.25, 0.3) is 0 Å². The Kier molecular flexibility index (Phi) is 5.67. The molecule has 0 unspecified atom stereocenters. The van der Waals surface area contributed by atoms with Crippen LogP contribution in [0.5, 0.6) is 0 Å². The molecule has 1 heterocycles. The van der Waals surface area contributed by atoms with Crippen LogP contribution in [0.2, 0.25) is 0 Å².